The Kier molecular flexibility index (Phi) is 3.99. The Morgan fingerprint density at radius 2 is 2.26 bits per heavy atom. The summed E-state index contributed by atoms with van der Waals surface area (Å²) in [7, 11) is 0. The van der Waals surface area contributed by atoms with Crippen LogP contribution in [-0.2, 0) is 0 Å². The molecule has 0 radical (unpaired) electrons. The van der Waals surface area contributed by atoms with Crippen LogP contribution in [0.25, 0.3) is 0 Å². The van der Waals surface area contributed by atoms with Gasteiger partial charge in [-0.2, -0.15) is 0 Å². The number of benzene rings is 1. The van der Waals surface area contributed by atoms with Gasteiger partial charge in [-0.15, -0.1) is 11.3 Å². The second-order valence-electron chi connectivity index (χ2n) is 5.56. The van der Waals surface area contributed by atoms with Crippen molar-refractivity contribution in [2.24, 2.45) is 5.92 Å². The van der Waals surface area contributed by atoms with Crippen LogP contribution in [0.4, 0.5) is 5.69 Å². The summed E-state index contributed by atoms with van der Waals surface area (Å²) in [5.41, 5.74) is -0.334. The van der Waals surface area contributed by atoms with Crippen molar-refractivity contribution in [3.8, 4) is 5.75 Å². The molecular weight excluding hydrogens is 318 g/mol. The average Bonchev–Trinajstić information content (AvgIpc) is 3.26. The van der Waals surface area contributed by atoms with Crippen LogP contribution in [0, 0.1) is 23.0 Å². The fourth-order valence-corrected chi connectivity index (χ4v) is 3.28. The highest BCUT2D eigenvalue weighted by Gasteiger charge is 2.35. The molecule has 1 fully saturated rings. The predicted molar refractivity (Wildman–Crippen MR) is 84.5 cm³/mol. The van der Waals surface area contributed by atoms with Gasteiger partial charge in [-0.3, -0.25) is 14.9 Å². The molecule has 0 aliphatic heterocycles. The van der Waals surface area contributed by atoms with Crippen molar-refractivity contribution < 1.29 is 14.8 Å². The Morgan fingerprint density at radius 1 is 1.52 bits per heavy atom. The highest BCUT2D eigenvalue weighted by atomic mass is 32.1. The molecule has 3 rings (SSSR count). The van der Waals surface area contributed by atoms with Gasteiger partial charge in [0.1, 0.15) is 5.01 Å². The van der Waals surface area contributed by atoms with Gasteiger partial charge in [0.2, 0.25) is 0 Å². The summed E-state index contributed by atoms with van der Waals surface area (Å²) in [6.45, 7) is 1.95. The summed E-state index contributed by atoms with van der Waals surface area (Å²) >= 11 is 1.54. The Labute approximate surface area is 136 Å². The van der Waals surface area contributed by atoms with E-state index in [2.05, 4.69) is 10.3 Å². The monoisotopic (exact) mass is 333 g/mol. The second-order valence-corrected chi connectivity index (χ2v) is 6.82. The molecule has 0 unspecified atom stereocenters. The van der Waals surface area contributed by atoms with Crippen LogP contribution in [-0.4, -0.2) is 20.9 Å². The number of aromatic nitrogens is 1. The van der Waals surface area contributed by atoms with Crippen LogP contribution in [0.3, 0.4) is 0 Å². The fourth-order valence-electron chi connectivity index (χ4n) is 2.36. The van der Waals surface area contributed by atoms with Crippen LogP contribution >= 0.6 is 11.3 Å². The minimum Gasteiger partial charge on any atom is -0.502 e. The standard InChI is InChI=1S/C15H15N3O4S/c1-8-7-16-15(23-8)13(9-2-3-9)17-14(20)10-4-5-12(19)11(6-10)18(21)22/h4-7,9,13,19H,2-3H2,1H3,(H,17,20)/t13-/m1/s1. The van der Waals surface area contributed by atoms with Crippen molar-refractivity contribution in [1.82, 2.24) is 10.3 Å². The van der Waals surface area contributed by atoms with E-state index in [0.29, 0.717) is 5.92 Å². The summed E-state index contributed by atoms with van der Waals surface area (Å²) in [4.78, 5) is 28.0. The van der Waals surface area contributed by atoms with Crippen molar-refractivity contribution in [3.05, 3.63) is 50.0 Å². The van der Waals surface area contributed by atoms with Crippen LogP contribution in [0.5, 0.6) is 5.75 Å². The van der Waals surface area contributed by atoms with Gasteiger partial charge in [0.15, 0.2) is 5.75 Å². The maximum Gasteiger partial charge on any atom is 0.311 e. The lowest BCUT2D eigenvalue weighted by molar-refractivity contribution is -0.385. The number of nitro groups is 1. The zero-order chi connectivity index (χ0) is 16.6. The molecule has 120 valence electrons. The van der Waals surface area contributed by atoms with E-state index in [1.807, 2.05) is 6.92 Å². The average molecular weight is 333 g/mol. The molecule has 8 heteroatoms. The number of rotatable bonds is 5. The number of carbonyl (C=O) groups excluding carboxylic acids is 1. The second kappa shape index (κ2) is 5.96. The SMILES string of the molecule is Cc1cnc([C@H](NC(=O)c2ccc(O)c([N+](=O)[O-])c2)C2CC2)s1. The normalized spacial score (nSPS) is 15.2. The summed E-state index contributed by atoms with van der Waals surface area (Å²) < 4.78 is 0. The van der Waals surface area contributed by atoms with Crippen LogP contribution in [0.1, 0.15) is 39.1 Å². The van der Waals surface area contributed by atoms with Crippen molar-refractivity contribution in [2.45, 2.75) is 25.8 Å². The highest BCUT2D eigenvalue weighted by molar-refractivity contribution is 7.11. The minimum atomic E-state index is -0.714. The lowest BCUT2D eigenvalue weighted by Crippen LogP contribution is -2.29. The van der Waals surface area contributed by atoms with E-state index >= 15 is 0 Å². The van der Waals surface area contributed by atoms with Crippen molar-refractivity contribution in [2.75, 3.05) is 0 Å². The van der Waals surface area contributed by atoms with E-state index in [0.717, 1.165) is 34.9 Å². The first-order chi connectivity index (χ1) is 11.0. The molecule has 1 aromatic carbocycles. The molecule has 1 saturated carbocycles. The van der Waals surface area contributed by atoms with Gasteiger partial charge in [-0.05, 0) is 37.8 Å². The zero-order valence-electron chi connectivity index (χ0n) is 12.4. The van der Waals surface area contributed by atoms with Crippen molar-refractivity contribution >= 4 is 22.9 Å². The van der Waals surface area contributed by atoms with Gasteiger partial charge in [0.05, 0.1) is 11.0 Å². The van der Waals surface area contributed by atoms with E-state index in [4.69, 9.17) is 0 Å². The first kappa shape index (κ1) is 15.4. The molecule has 0 spiro atoms. The maximum absolute atomic E-state index is 12.4. The van der Waals surface area contributed by atoms with Gasteiger partial charge in [-0.25, -0.2) is 4.98 Å². The molecule has 1 heterocycles. The molecule has 0 bridgehead atoms. The predicted octanol–water partition coefficient (Wildman–Crippen LogP) is 2.95. The van der Waals surface area contributed by atoms with E-state index < -0.39 is 22.3 Å². The molecule has 2 aromatic rings. The van der Waals surface area contributed by atoms with Gasteiger partial charge in [-0.1, -0.05) is 0 Å². The van der Waals surface area contributed by atoms with E-state index in [-0.39, 0.29) is 11.6 Å². The molecule has 1 aliphatic carbocycles. The largest absolute Gasteiger partial charge is 0.502 e. The number of amides is 1. The molecule has 23 heavy (non-hydrogen) atoms. The molecule has 1 amide bonds. The third kappa shape index (κ3) is 3.31. The number of phenols is 1. The third-order valence-corrected chi connectivity index (χ3v) is 4.72. The van der Waals surface area contributed by atoms with E-state index in [1.165, 1.54) is 17.4 Å². The Hall–Kier alpha value is -2.48. The van der Waals surface area contributed by atoms with Crippen molar-refractivity contribution in [3.63, 3.8) is 0 Å². The van der Waals surface area contributed by atoms with Crippen LogP contribution in [0.2, 0.25) is 0 Å². The lowest BCUT2D eigenvalue weighted by atomic mass is 10.1. The summed E-state index contributed by atoms with van der Waals surface area (Å²) in [5.74, 6) is -0.504. The number of nitrogens with zero attached hydrogens (tertiary/aromatic N) is 2. The molecule has 1 atom stereocenters. The third-order valence-electron chi connectivity index (χ3n) is 3.72. The van der Waals surface area contributed by atoms with E-state index in [9.17, 15) is 20.0 Å². The molecule has 2 N–H and O–H groups in total. The smallest absolute Gasteiger partial charge is 0.311 e. The fraction of sp³-hybridized carbons (Fsp3) is 0.333. The Morgan fingerprint density at radius 3 is 2.83 bits per heavy atom. The number of thiazole rings is 1. The maximum atomic E-state index is 12.4. The molecular formula is C15H15N3O4S. The number of hydrogen-bond acceptors (Lipinski definition) is 6. The van der Waals surface area contributed by atoms with Crippen molar-refractivity contribution in [1.29, 1.82) is 0 Å². The molecule has 7 nitrogen and oxygen atoms in total. The summed E-state index contributed by atoms with van der Waals surface area (Å²) in [6.07, 6.45) is 3.82. The number of nitro benzene ring substituents is 1. The van der Waals surface area contributed by atoms with Crippen LogP contribution < -0.4 is 5.32 Å². The number of aryl methyl sites for hydroxylation is 1. The number of nitrogens with one attached hydrogen (secondary N) is 1. The lowest BCUT2D eigenvalue weighted by Gasteiger charge is -2.16. The number of aromatic hydroxyl groups is 1. The quantitative estimate of drug-likeness (QED) is 0.646. The molecule has 0 saturated heterocycles. The number of phenolic OH excluding ortho intramolecular Hbond substituents is 1. The topological polar surface area (TPSA) is 105 Å². The summed E-state index contributed by atoms with van der Waals surface area (Å²) in [6, 6.07) is 3.44. The van der Waals surface area contributed by atoms with Crippen LogP contribution in [0.15, 0.2) is 24.4 Å². The van der Waals surface area contributed by atoms with E-state index in [1.54, 1.807) is 6.20 Å². The Balaban J connectivity index is 1.82. The first-order valence-electron chi connectivity index (χ1n) is 7.16. The summed E-state index contributed by atoms with van der Waals surface area (Å²) in [5, 5.41) is 24.1. The van der Waals surface area contributed by atoms with Gasteiger partial charge in [0.25, 0.3) is 5.91 Å². The van der Waals surface area contributed by atoms with Gasteiger partial charge >= 0.3 is 5.69 Å². The molecule has 1 aliphatic rings. The van der Waals surface area contributed by atoms with Gasteiger partial charge in [0, 0.05) is 22.7 Å². The highest BCUT2D eigenvalue weighted by Crippen LogP contribution is 2.42. The molecule has 1 aromatic heterocycles. The first-order valence-corrected chi connectivity index (χ1v) is 7.98. The Bertz CT molecular complexity index is 770. The zero-order valence-corrected chi connectivity index (χ0v) is 13.2. The van der Waals surface area contributed by atoms with Gasteiger partial charge < -0.3 is 10.4 Å². The minimum absolute atomic E-state index is 0.147. The number of hydrogen-bond donors (Lipinski definition) is 2. The number of carbonyl (C=O) groups is 1.